The Labute approximate surface area is 127 Å². The minimum Gasteiger partial charge on any atom is -0.508 e. The third-order valence-corrected chi connectivity index (χ3v) is 3.24. The van der Waals surface area contributed by atoms with Gasteiger partial charge in [-0.1, -0.05) is 12.1 Å². The van der Waals surface area contributed by atoms with Gasteiger partial charge in [0.15, 0.2) is 0 Å². The number of ether oxygens (including phenoxy) is 2. The molecule has 1 atom stereocenters. The van der Waals surface area contributed by atoms with Crippen molar-refractivity contribution in [1.29, 1.82) is 0 Å². The minimum absolute atomic E-state index is 0.105. The number of esters is 1. The van der Waals surface area contributed by atoms with Crippen LogP contribution in [0.25, 0.3) is 0 Å². The largest absolute Gasteiger partial charge is 0.508 e. The second-order valence-electron chi connectivity index (χ2n) is 4.79. The fourth-order valence-corrected chi connectivity index (χ4v) is 2.18. The Morgan fingerprint density at radius 1 is 1.27 bits per heavy atom. The SMILES string of the molecule is COCCOC(=O)C1=C(C)NC(=O)NC1c1ccc(O)cc1. The van der Waals surface area contributed by atoms with E-state index in [2.05, 4.69) is 10.6 Å². The van der Waals surface area contributed by atoms with Crippen molar-refractivity contribution in [3.63, 3.8) is 0 Å². The van der Waals surface area contributed by atoms with Crippen LogP contribution in [0, 0.1) is 0 Å². The van der Waals surface area contributed by atoms with E-state index in [1.54, 1.807) is 19.1 Å². The smallest absolute Gasteiger partial charge is 0.338 e. The molecule has 22 heavy (non-hydrogen) atoms. The molecule has 0 fully saturated rings. The summed E-state index contributed by atoms with van der Waals surface area (Å²) in [7, 11) is 1.51. The molecule has 118 valence electrons. The van der Waals surface area contributed by atoms with Gasteiger partial charge in [-0.25, -0.2) is 9.59 Å². The third kappa shape index (κ3) is 3.56. The molecule has 0 aliphatic carbocycles. The number of phenols is 1. The van der Waals surface area contributed by atoms with Gasteiger partial charge in [0, 0.05) is 12.8 Å². The van der Waals surface area contributed by atoms with Crippen LogP contribution < -0.4 is 10.6 Å². The average Bonchev–Trinajstić information content (AvgIpc) is 2.47. The Morgan fingerprint density at radius 3 is 2.59 bits per heavy atom. The summed E-state index contributed by atoms with van der Waals surface area (Å²) in [6.45, 7) is 2.06. The van der Waals surface area contributed by atoms with Crippen molar-refractivity contribution in [2.75, 3.05) is 20.3 Å². The lowest BCUT2D eigenvalue weighted by atomic mass is 9.95. The van der Waals surface area contributed by atoms with E-state index < -0.39 is 18.0 Å². The lowest BCUT2D eigenvalue weighted by Gasteiger charge is -2.28. The van der Waals surface area contributed by atoms with Gasteiger partial charge in [-0.2, -0.15) is 0 Å². The number of nitrogens with one attached hydrogen (secondary N) is 2. The van der Waals surface area contributed by atoms with Crippen molar-refractivity contribution in [3.8, 4) is 5.75 Å². The Morgan fingerprint density at radius 2 is 1.95 bits per heavy atom. The molecule has 1 aromatic carbocycles. The highest BCUT2D eigenvalue weighted by Gasteiger charge is 2.32. The van der Waals surface area contributed by atoms with Gasteiger partial charge >= 0.3 is 12.0 Å². The summed E-state index contributed by atoms with van der Waals surface area (Å²) < 4.78 is 9.98. The van der Waals surface area contributed by atoms with Gasteiger partial charge in [-0.3, -0.25) is 0 Å². The zero-order valence-electron chi connectivity index (χ0n) is 12.4. The molecule has 1 unspecified atom stereocenters. The minimum atomic E-state index is -0.635. The van der Waals surface area contributed by atoms with Gasteiger partial charge in [-0.15, -0.1) is 0 Å². The molecule has 2 rings (SSSR count). The van der Waals surface area contributed by atoms with Crippen LogP contribution >= 0.6 is 0 Å². The first kappa shape index (κ1) is 15.8. The predicted octanol–water partition coefficient (Wildman–Crippen LogP) is 1.21. The quantitative estimate of drug-likeness (QED) is 0.561. The van der Waals surface area contributed by atoms with Crippen molar-refractivity contribution >= 4 is 12.0 Å². The van der Waals surface area contributed by atoms with Crippen LogP contribution in [0.5, 0.6) is 5.75 Å². The molecule has 7 heteroatoms. The zero-order chi connectivity index (χ0) is 16.1. The van der Waals surface area contributed by atoms with Crippen LogP contribution in [0.2, 0.25) is 0 Å². The third-order valence-electron chi connectivity index (χ3n) is 3.24. The van der Waals surface area contributed by atoms with E-state index in [1.165, 1.54) is 19.2 Å². The van der Waals surface area contributed by atoms with Gasteiger partial charge < -0.3 is 25.2 Å². The van der Waals surface area contributed by atoms with Gasteiger partial charge in [0.2, 0.25) is 0 Å². The van der Waals surface area contributed by atoms with Crippen LogP contribution in [0.1, 0.15) is 18.5 Å². The molecular weight excluding hydrogens is 288 g/mol. The van der Waals surface area contributed by atoms with Crippen LogP contribution in [0.3, 0.4) is 0 Å². The Hall–Kier alpha value is -2.54. The second kappa shape index (κ2) is 6.95. The van der Waals surface area contributed by atoms with Gasteiger partial charge in [0.1, 0.15) is 12.4 Å². The molecule has 1 aliphatic heterocycles. The molecule has 0 spiro atoms. The maximum Gasteiger partial charge on any atom is 0.338 e. The molecule has 1 aromatic rings. The summed E-state index contributed by atoms with van der Waals surface area (Å²) in [5, 5.41) is 14.6. The number of methoxy groups -OCH3 is 1. The number of hydrogen-bond acceptors (Lipinski definition) is 5. The molecule has 1 heterocycles. The lowest BCUT2D eigenvalue weighted by molar-refractivity contribution is -0.140. The number of allylic oxidation sites excluding steroid dienone is 1. The fourth-order valence-electron chi connectivity index (χ4n) is 2.18. The maximum absolute atomic E-state index is 12.3. The first-order valence-electron chi connectivity index (χ1n) is 6.76. The molecule has 0 bridgehead atoms. The van der Waals surface area contributed by atoms with Crippen molar-refractivity contribution in [1.82, 2.24) is 10.6 Å². The molecule has 0 saturated carbocycles. The van der Waals surface area contributed by atoms with Gasteiger partial charge in [0.25, 0.3) is 0 Å². The highest BCUT2D eigenvalue weighted by molar-refractivity contribution is 5.95. The van der Waals surface area contributed by atoms with Crippen molar-refractivity contribution in [3.05, 3.63) is 41.1 Å². The van der Waals surface area contributed by atoms with E-state index in [4.69, 9.17) is 9.47 Å². The highest BCUT2D eigenvalue weighted by Crippen LogP contribution is 2.28. The van der Waals surface area contributed by atoms with Gasteiger partial charge in [0.05, 0.1) is 18.2 Å². The number of aromatic hydroxyl groups is 1. The summed E-state index contributed by atoms with van der Waals surface area (Å²) in [5.74, 6) is -0.422. The molecule has 0 radical (unpaired) electrons. The number of hydrogen-bond donors (Lipinski definition) is 3. The number of carbonyl (C=O) groups is 2. The first-order chi connectivity index (χ1) is 10.5. The Kier molecular flexibility index (Phi) is 5.00. The number of urea groups is 1. The van der Waals surface area contributed by atoms with E-state index in [0.29, 0.717) is 23.4 Å². The van der Waals surface area contributed by atoms with Crippen molar-refractivity contribution < 1.29 is 24.2 Å². The Balaban J connectivity index is 2.28. The summed E-state index contributed by atoms with van der Waals surface area (Å²) in [6.07, 6.45) is 0. The lowest BCUT2D eigenvalue weighted by Crippen LogP contribution is -2.45. The number of carbonyl (C=O) groups excluding carboxylic acids is 2. The van der Waals surface area contributed by atoms with Gasteiger partial charge in [-0.05, 0) is 24.6 Å². The van der Waals surface area contributed by atoms with Crippen molar-refractivity contribution in [2.24, 2.45) is 0 Å². The molecule has 0 saturated heterocycles. The molecular formula is C15H18N2O5. The highest BCUT2D eigenvalue weighted by atomic mass is 16.6. The van der Waals surface area contributed by atoms with Crippen molar-refractivity contribution in [2.45, 2.75) is 13.0 Å². The molecule has 7 nitrogen and oxygen atoms in total. The number of benzene rings is 1. The molecule has 2 amide bonds. The maximum atomic E-state index is 12.3. The zero-order valence-corrected chi connectivity index (χ0v) is 12.4. The first-order valence-corrected chi connectivity index (χ1v) is 6.76. The van der Waals surface area contributed by atoms with E-state index in [1.807, 2.05) is 0 Å². The molecule has 1 aliphatic rings. The van der Waals surface area contributed by atoms with Crippen LogP contribution in [-0.4, -0.2) is 37.4 Å². The molecule has 0 aromatic heterocycles. The monoisotopic (exact) mass is 306 g/mol. The standard InChI is InChI=1S/C15H18N2O5/c1-9-12(14(19)22-8-7-21-2)13(17-15(20)16-9)10-3-5-11(18)6-4-10/h3-6,13,18H,7-8H2,1-2H3,(H2,16,17,20). The average molecular weight is 306 g/mol. The predicted molar refractivity (Wildman–Crippen MR) is 78.1 cm³/mol. The summed E-state index contributed by atoms with van der Waals surface area (Å²) in [4.78, 5) is 23.9. The summed E-state index contributed by atoms with van der Waals surface area (Å²) >= 11 is 0. The number of amides is 2. The Bertz CT molecular complexity index is 594. The fraction of sp³-hybridized carbons (Fsp3) is 0.333. The van der Waals surface area contributed by atoms with Crippen LogP contribution in [-0.2, 0) is 14.3 Å². The second-order valence-corrected chi connectivity index (χ2v) is 4.79. The summed E-state index contributed by atoms with van der Waals surface area (Å²) in [5.41, 5.74) is 1.43. The molecule has 3 N–H and O–H groups in total. The van der Waals surface area contributed by atoms with E-state index in [-0.39, 0.29) is 12.4 Å². The number of rotatable bonds is 5. The van der Waals surface area contributed by atoms with Crippen LogP contribution in [0.15, 0.2) is 35.5 Å². The van der Waals surface area contributed by atoms with Crippen LogP contribution in [0.4, 0.5) is 4.79 Å². The van der Waals surface area contributed by atoms with E-state index in [9.17, 15) is 14.7 Å². The normalized spacial score (nSPS) is 17.7. The van der Waals surface area contributed by atoms with E-state index in [0.717, 1.165) is 0 Å². The number of phenolic OH excluding ortho intramolecular Hbond substituents is 1. The summed E-state index contributed by atoms with van der Waals surface area (Å²) in [6, 6.07) is 5.23. The topological polar surface area (TPSA) is 96.9 Å². The van der Waals surface area contributed by atoms with E-state index >= 15 is 0 Å².